The lowest BCUT2D eigenvalue weighted by Crippen LogP contribution is -1.83. The molecule has 2 aromatic rings. The second-order valence-electron chi connectivity index (χ2n) is 2.62. The van der Waals surface area contributed by atoms with Gasteiger partial charge in [-0.2, -0.15) is 0 Å². The largest absolute Gasteiger partial charge is 0.499 e. The number of ether oxygens (including phenoxy) is 1. The van der Waals surface area contributed by atoms with E-state index in [0.29, 0.717) is 5.06 Å². The molecule has 1 heterocycles. The predicted molar refractivity (Wildman–Crippen MR) is 57.3 cm³/mol. The maximum atomic E-state index is 9.30. The molecule has 0 amide bonds. The summed E-state index contributed by atoms with van der Waals surface area (Å²) in [6.45, 7) is 0. The molecule has 0 unspecified atom stereocenters. The van der Waals surface area contributed by atoms with Gasteiger partial charge in [0.15, 0.2) is 5.06 Å². The van der Waals surface area contributed by atoms with E-state index in [1.807, 2.05) is 12.1 Å². The van der Waals surface area contributed by atoms with Gasteiger partial charge in [-0.1, -0.05) is 17.4 Å². The Balaban J connectivity index is 2.82. The summed E-state index contributed by atoms with van der Waals surface area (Å²) in [6.07, 6.45) is 0. The van der Waals surface area contributed by atoms with Crippen LogP contribution in [0.3, 0.4) is 0 Å². The number of benzene rings is 1. The van der Waals surface area contributed by atoms with Gasteiger partial charge < -0.3 is 9.84 Å². The normalized spacial score (nSPS) is 10.6. The SMILES string of the molecule is COc1c(S)ccc2cc(O)sc12. The number of methoxy groups -OCH3 is 1. The van der Waals surface area contributed by atoms with Gasteiger partial charge in [-0.05, 0) is 12.1 Å². The summed E-state index contributed by atoms with van der Waals surface area (Å²) in [7, 11) is 1.60. The molecule has 0 bridgehead atoms. The average molecular weight is 212 g/mol. The van der Waals surface area contributed by atoms with E-state index in [9.17, 15) is 5.11 Å². The van der Waals surface area contributed by atoms with E-state index in [0.717, 1.165) is 20.7 Å². The van der Waals surface area contributed by atoms with Gasteiger partial charge in [0.1, 0.15) is 5.75 Å². The van der Waals surface area contributed by atoms with E-state index in [-0.39, 0.29) is 0 Å². The Labute approximate surface area is 85.2 Å². The fraction of sp³-hybridized carbons (Fsp3) is 0.111. The second kappa shape index (κ2) is 3.12. The number of thiophene rings is 1. The molecule has 0 fully saturated rings. The molecule has 4 heteroatoms. The summed E-state index contributed by atoms with van der Waals surface area (Å²) >= 11 is 5.56. The first kappa shape index (κ1) is 8.72. The van der Waals surface area contributed by atoms with Crippen LogP contribution in [0.25, 0.3) is 10.1 Å². The van der Waals surface area contributed by atoms with Gasteiger partial charge in [-0.3, -0.25) is 0 Å². The first-order valence-electron chi connectivity index (χ1n) is 3.71. The number of hydrogen-bond donors (Lipinski definition) is 2. The van der Waals surface area contributed by atoms with Crippen LogP contribution in [0.15, 0.2) is 23.1 Å². The first-order chi connectivity index (χ1) is 6.22. The van der Waals surface area contributed by atoms with Crippen LogP contribution in [0.4, 0.5) is 0 Å². The molecule has 1 N–H and O–H groups in total. The summed E-state index contributed by atoms with van der Waals surface area (Å²) in [6, 6.07) is 5.49. The van der Waals surface area contributed by atoms with E-state index >= 15 is 0 Å². The zero-order valence-corrected chi connectivity index (χ0v) is 8.65. The van der Waals surface area contributed by atoms with E-state index < -0.39 is 0 Å². The molecule has 2 rings (SSSR count). The predicted octanol–water partition coefficient (Wildman–Crippen LogP) is 2.90. The van der Waals surface area contributed by atoms with Crippen LogP contribution in [-0.4, -0.2) is 12.2 Å². The van der Waals surface area contributed by atoms with Crippen molar-refractivity contribution in [3.05, 3.63) is 18.2 Å². The molecule has 0 spiro atoms. The third-order valence-corrected chi connectivity index (χ3v) is 3.12. The number of fused-ring (bicyclic) bond motifs is 1. The molecule has 1 aromatic carbocycles. The Hall–Kier alpha value is -0.870. The van der Waals surface area contributed by atoms with Crippen molar-refractivity contribution < 1.29 is 9.84 Å². The lowest BCUT2D eigenvalue weighted by atomic mass is 10.2. The van der Waals surface area contributed by atoms with Gasteiger partial charge in [-0.25, -0.2) is 0 Å². The number of hydrogen-bond acceptors (Lipinski definition) is 4. The highest BCUT2D eigenvalue weighted by atomic mass is 32.1. The highest BCUT2D eigenvalue weighted by Crippen LogP contribution is 2.40. The minimum atomic E-state index is 0.298. The van der Waals surface area contributed by atoms with Crippen LogP contribution >= 0.6 is 24.0 Å². The Morgan fingerprint density at radius 2 is 2.23 bits per heavy atom. The molecule has 0 radical (unpaired) electrons. The highest BCUT2D eigenvalue weighted by Gasteiger charge is 2.08. The van der Waals surface area contributed by atoms with E-state index in [4.69, 9.17) is 4.74 Å². The van der Waals surface area contributed by atoms with Crippen molar-refractivity contribution in [1.29, 1.82) is 0 Å². The molecule has 0 aliphatic carbocycles. The Bertz CT molecular complexity index is 448. The Kier molecular flexibility index (Phi) is 2.09. The fourth-order valence-electron chi connectivity index (χ4n) is 1.25. The molecule has 0 atom stereocenters. The Morgan fingerprint density at radius 1 is 1.46 bits per heavy atom. The number of aromatic hydroxyl groups is 1. The molecule has 2 nitrogen and oxygen atoms in total. The van der Waals surface area contributed by atoms with Gasteiger partial charge in [0.25, 0.3) is 0 Å². The second-order valence-corrected chi connectivity index (χ2v) is 4.13. The van der Waals surface area contributed by atoms with Crippen LogP contribution in [0.5, 0.6) is 10.8 Å². The van der Waals surface area contributed by atoms with Gasteiger partial charge >= 0.3 is 0 Å². The highest BCUT2D eigenvalue weighted by molar-refractivity contribution is 7.80. The maximum absolute atomic E-state index is 9.30. The van der Waals surface area contributed by atoms with E-state index in [2.05, 4.69) is 12.6 Å². The summed E-state index contributed by atoms with van der Waals surface area (Å²) in [5.41, 5.74) is 0. The molecule has 0 saturated carbocycles. The lowest BCUT2D eigenvalue weighted by Gasteiger charge is -2.03. The third-order valence-electron chi connectivity index (χ3n) is 1.81. The van der Waals surface area contributed by atoms with Crippen molar-refractivity contribution in [3.8, 4) is 10.8 Å². The standard InChI is InChI=1S/C9H8O2S2/c1-11-8-6(12)3-2-5-4-7(10)13-9(5)8/h2-4,10,12H,1H3. The quantitative estimate of drug-likeness (QED) is 0.712. The maximum Gasteiger partial charge on any atom is 0.172 e. The molecule has 0 aliphatic rings. The van der Waals surface area contributed by atoms with Crippen molar-refractivity contribution in [2.24, 2.45) is 0 Å². The van der Waals surface area contributed by atoms with Gasteiger partial charge in [0.05, 0.1) is 11.8 Å². The third kappa shape index (κ3) is 1.36. The molecular formula is C9H8O2S2. The first-order valence-corrected chi connectivity index (χ1v) is 4.97. The van der Waals surface area contributed by atoms with Gasteiger partial charge in [0.2, 0.25) is 0 Å². The van der Waals surface area contributed by atoms with Crippen LogP contribution in [0.1, 0.15) is 0 Å². The van der Waals surface area contributed by atoms with Crippen molar-refractivity contribution in [2.45, 2.75) is 4.90 Å². The smallest absolute Gasteiger partial charge is 0.172 e. The molecule has 68 valence electrons. The van der Waals surface area contributed by atoms with Crippen LogP contribution in [0.2, 0.25) is 0 Å². The van der Waals surface area contributed by atoms with Gasteiger partial charge in [-0.15, -0.1) is 12.6 Å². The molecule has 1 aromatic heterocycles. The van der Waals surface area contributed by atoms with Gasteiger partial charge in [0, 0.05) is 10.3 Å². The zero-order valence-electron chi connectivity index (χ0n) is 6.94. The monoisotopic (exact) mass is 212 g/mol. The zero-order chi connectivity index (χ0) is 9.42. The molecule has 0 aliphatic heterocycles. The van der Waals surface area contributed by atoms with Crippen molar-refractivity contribution >= 4 is 34.1 Å². The van der Waals surface area contributed by atoms with Crippen LogP contribution in [-0.2, 0) is 0 Å². The Morgan fingerprint density at radius 3 is 2.92 bits per heavy atom. The van der Waals surface area contributed by atoms with Crippen LogP contribution in [0, 0.1) is 0 Å². The minimum absolute atomic E-state index is 0.298. The minimum Gasteiger partial charge on any atom is -0.499 e. The topological polar surface area (TPSA) is 29.5 Å². The van der Waals surface area contributed by atoms with E-state index in [1.165, 1.54) is 11.3 Å². The van der Waals surface area contributed by atoms with Crippen molar-refractivity contribution in [3.63, 3.8) is 0 Å². The molecule has 13 heavy (non-hydrogen) atoms. The fourth-order valence-corrected chi connectivity index (χ4v) is 2.53. The summed E-state index contributed by atoms with van der Waals surface area (Å²) < 4.78 is 6.13. The van der Waals surface area contributed by atoms with Crippen LogP contribution < -0.4 is 4.74 Å². The van der Waals surface area contributed by atoms with Crippen molar-refractivity contribution in [2.75, 3.05) is 7.11 Å². The summed E-state index contributed by atoms with van der Waals surface area (Å²) in [4.78, 5) is 0.789. The molecular weight excluding hydrogens is 204 g/mol. The van der Waals surface area contributed by atoms with Crippen molar-refractivity contribution in [1.82, 2.24) is 0 Å². The van der Waals surface area contributed by atoms with E-state index in [1.54, 1.807) is 13.2 Å². The molecule has 0 saturated heterocycles. The average Bonchev–Trinajstić information content (AvgIpc) is 2.45. The summed E-state index contributed by atoms with van der Waals surface area (Å²) in [5.74, 6) is 0.728. The number of rotatable bonds is 1. The lowest BCUT2D eigenvalue weighted by molar-refractivity contribution is 0.411. The summed E-state index contributed by atoms with van der Waals surface area (Å²) in [5, 5.41) is 10.6. The number of thiol groups is 1.